The van der Waals surface area contributed by atoms with Crippen molar-refractivity contribution in [3.63, 3.8) is 0 Å². The third kappa shape index (κ3) is 5.47. The van der Waals surface area contributed by atoms with Crippen LogP contribution in [0.1, 0.15) is 5.56 Å². The fourth-order valence-corrected chi connectivity index (χ4v) is 5.41. The lowest BCUT2D eigenvalue weighted by molar-refractivity contribution is -0.384. The first-order valence-electron chi connectivity index (χ1n) is 13.2. The molecule has 42 heavy (non-hydrogen) atoms. The van der Waals surface area contributed by atoms with E-state index in [9.17, 15) is 10.1 Å². The van der Waals surface area contributed by atoms with Crippen LogP contribution in [0.2, 0.25) is 5.02 Å². The highest BCUT2D eigenvalue weighted by Gasteiger charge is 2.26. The smallest absolute Gasteiger partial charge is 0.258 e. The lowest BCUT2D eigenvalue weighted by atomic mass is 9.84. The zero-order chi connectivity index (χ0) is 29.2. The molecular weight excluding hydrogens is 610 g/mol. The van der Waals surface area contributed by atoms with Gasteiger partial charge in [0.15, 0.2) is 0 Å². The molecule has 0 radical (unpaired) electrons. The summed E-state index contributed by atoms with van der Waals surface area (Å²) in [5.41, 5.74) is 9.62. The molecule has 0 atom stereocenters. The van der Waals surface area contributed by atoms with Gasteiger partial charge >= 0.3 is 0 Å². The van der Waals surface area contributed by atoms with Crippen molar-refractivity contribution in [2.24, 2.45) is 0 Å². The molecule has 0 fully saturated rings. The topological polar surface area (TPSA) is 68.9 Å². The van der Waals surface area contributed by atoms with Gasteiger partial charge in [0.2, 0.25) is 0 Å². The van der Waals surface area contributed by atoms with Gasteiger partial charge in [-0.3, -0.25) is 15.1 Å². The maximum Gasteiger partial charge on any atom is 0.269 e. The number of pyridine rings is 2. The number of hydrogen-bond acceptors (Lipinski definition) is 4. The van der Waals surface area contributed by atoms with E-state index in [0.717, 1.165) is 66.1 Å². The van der Waals surface area contributed by atoms with Crippen LogP contribution >= 0.6 is 27.5 Å². The second-order valence-corrected chi connectivity index (χ2v) is 11.2. The van der Waals surface area contributed by atoms with Crippen LogP contribution in [0.5, 0.6) is 0 Å². The number of halogens is 2. The molecule has 7 heteroatoms. The molecule has 0 aliphatic heterocycles. The van der Waals surface area contributed by atoms with Crippen LogP contribution in [0, 0.1) is 17.0 Å². The van der Waals surface area contributed by atoms with E-state index in [0.29, 0.717) is 5.02 Å². The summed E-state index contributed by atoms with van der Waals surface area (Å²) in [5.74, 6) is 0. The predicted molar refractivity (Wildman–Crippen MR) is 173 cm³/mol. The summed E-state index contributed by atoms with van der Waals surface area (Å²) in [6.45, 7) is 2.06. The molecule has 2 heterocycles. The maximum atomic E-state index is 11.5. The van der Waals surface area contributed by atoms with E-state index in [1.807, 2.05) is 66.7 Å². The number of aryl methyl sites for hydroxylation is 1. The highest BCUT2D eigenvalue weighted by Crippen LogP contribution is 2.48. The molecule has 204 valence electrons. The quantitative estimate of drug-likeness (QED) is 0.135. The molecule has 0 saturated heterocycles. The Labute approximate surface area is 256 Å². The van der Waals surface area contributed by atoms with E-state index >= 15 is 0 Å². The van der Waals surface area contributed by atoms with Crippen molar-refractivity contribution in [2.75, 3.05) is 0 Å². The minimum absolute atomic E-state index is 0.0196. The van der Waals surface area contributed by atoms with Crippen LogP contribution in [0.3, 0.4) is 0 Å². The van der Waals surface area contributed by atoms with Crippen molar-refractivity contribution in [3.05, 3.63) is 147 Å². The number of nitro benzene ring substituents is 1. The number of rotatable bonds is 6. The molecule has 0 unspecified atom stereocenters. The number of nitrogens with zero attached hydrogens (tertiary/aromatic N) is 3. The van der Waals surface area contributed by atoms with E-state index < -0.39 is 4.92 Å². The maximum absolute atomic E-state index is 11.5. The van der Waals surface area contributed by atoms with Crippen LogP contribution in [-0.2, 0) is 0 Å². The zero-order valence-corrected chi connectivity index (χ0v) is 24.8. The SMILES string of the molecule is Cc1ccc(-c2nc(-c3ccc(Br)cc3)c(-c3ccc([N+](=O)[O-])cc3)c(-c3ccc(Cl)cc3)c2-c2ccccn2)cc1. The second-order valence-electron chi connectivity index (χ2n) is 9.83. The number of benzene rings is 4. The molecular formula is C35H23BrClN3O2. The van der Waals surface area contributed by atoms with Gasteiger partial charge in [0.05, 0.1) is 22.0 Å². The van der Waals surface area contributed by atoms with Gasteiger partial charge in [-0.1, -0.05) is 87.7 Å². The van der Waals surface area contributed by atoms with E-state index in [4.69, 9.17) is 21.6 Å². The minimum atomic E-state index is -0.391. The highest BCUT2D eigenvalue weighted by molar-refractivity contribution is 9.10. The Bertz CT molecular complexity index is 1890. The number of nitro groups is 1. The average Bonchev–Trinajstić information content (AvgIpc) is 3.02. The van der Waals surface area contributed by atoms with Crippen molar-refractivity contribution >= 4 is 33.2 Å². The minimum Gasteiger partial charge on any atom is -0.258 e. The van der Waals surface area contributed by atoms with Crippen LogP contribution in [-0.4, -0.2) is 14.9 Å². The molecule has 0 spiro atoms. The third-order valence-electron chi connectivity index (χ3n) is 7.06. The van der Waals surface area contributed by atoms with Gasteiger partial charge in [-0.2, -0.15) is 0 Å². The fourth-order valence-electron chi connectivity index (χ4n) is 5.02. The molecule has 0 N–H and O–H groups in total. The Hall–Kier alpha value is -4.65. The second kappa shape index (κ2) is 11.7. The molecule has 5 nitrogen and oxygen atoms in total. The summed E-state index contributed by atoms with van der Waals surface area (Å²) >= 11 is 9.91. The van der Waals surface area contributed by atoms with Crippen LogP contribution < -0.4 is 0 Å². The lowest BCUT2D eigenvalue weighted by Crippen LogP contribution is -2.02. The predicted octanol–water partition coefficient (Wildman–Crippen LogP) is 10.4. The van der Waals surface area contributed by atoms with Gasteiger partial charge in [-0.25, -0.2) is 4.98 Å². The van der Waals surface area contributed by atoms with Gasteiger partial charge in [0.25, 0.3) is 5.69 Å². The normalized spacial score (nSPS) is 10.9. The van der Waals surface area contributed by atoms with Crippen LogP contribution in [0.15, 0.2) is 126 Å². The van der Waals surface area contributed by atoms with Crippen molar-refractivity contribution in [1.82, 2.24) is 9.97 Å². The first-order chi connectivity index (χ1) is 20.4. The molecule has 4 aromatic carbocycles. The van der Waals surface area contributed by atoms with Crippen molar-refractivity contribution in [3.8, 4) is 56.0 Å². The molecule has 6 aromatic rings. The molecule has 0 saturated carbocycles. The zero-order valence-electron chi connectivity index (χ0n) is 22.5. The highest BCUT2D eigenvalue weighted by atomic mass is 79.9. The summed E-state index contributed by atoms with van der Waals surface area (Å²) in [4.78, 5) is 21.3. The van der Waals surface area contributed by atoms with E-state index in [2.05, 4.69) is 47.1 Å². The summed E-state index contributed by atoms with van der Waals surface area (Å²) in [6, 6.07) is 36.5. The molecule has 0 aliphatic carbocycles. The number of non-ortho nitro benzene ring substituents is 1. The van der Waals surface area contributed by atoms with E-state index in [1.54, 1.807) is 18.3 Å². The van der Waals surface area contributed by atoms with Gasteiger partial charge in [0, 0.05) is 55.6 Å². The Kier molecular flexibility index (Phi) is 7.66. The molecule has 0 amide bonds. The summed E-state index contributed by atoms with van der Waals surface area (Å²) < 4.78 is 0.949. The van der Waals surface area contributed by atoms with Crippen LogP contribution in [0.4, 0.5) is 5.69 Å². The first-order valence-corrected chi connectivity index (χ1v) is 14.4. The van der Waals surface area contributed by atoms with Gasteiger partial charge in [-0.15, -0.1) is 0 Å². The Morgan fingerprint density at radius 2 is 1.21 bits per heavy atom. The largest absolute Gasteiger partial charge is 0.269 e. The van der Waals surface area contributed by atoms with Crippen molar-refractivity contribution < 1.29 is 4.92 Å². The fraction of sp³-hybridized carbons (Fsp3) is 0.0286. The van der Waals surface area contributed by atoms with Crippen molar-refractivity contribution in [2.45, 2.75) is 6.92 Å². The van der Waals surface area contributed by atoms with Crippen LogP contribution in [0.25, 0.3) is 56.0 Å². The van der Waals surface area contributed by atoms with E-state index in [1.165, 1.54) is 12.1 Å². The van der Waals surface area contributed by atoms with Crippen molar-refractivity contribution in [1.29, 1.82) is 0 Å². The lowest BCUT2D eigenvalue weighted by Gasteiger charge is -2.23. The Morgan fingerprint density at radius 3 is 1.81 bits per heavy atom. The monoisotopic (exact) mass is 631 g/mol. The van der Waals surface area contributed by atoms with Gasteiger partial charge in [-0.05, 0) is 66.6 Å². The number of aromatic nitrogens is 2. The standard InChI is InChI=1S/C35H23BrClN3O2/c1-22-5-7-25(8-6-22)35-33(30-4-2-3-21-38-30)31(23-11-17-28(37)18-12-23)32(24-13-19-29(20-14-24)40(41)42)34(39-35)26-9-15-27(36)16-10-26/h2-21H,1H3. The molecule has 0 aliphatic rings. The molecule has 0 bridgehead atoms. The Morgan fingerprint density at radius 1 is 0.667 bits per heavy atom. The summed E-state index contributed by atoms with van der Waals surface area (Å²) in [5, 5.41) is 12.1. The average molecular weight is 633 g/mol. The first kappa shape index (κ1) is 27.5. The van der Waals surface area contributed by atoms with E-state index in [-0.39, 0.29) is 5.69 Å². The molecule has 2 aromatic heterocycles. The third-order valence-corrected chi connectivity index (χ3v) is 7.84. The summed E-state index contributed by atoms with van der Waals surface area (Å²) in [7, 11) is 0. The Balaban J connectivity index is 1.81. The molecule has 6 rings (SSSR count). The van der Waals surface area contributed by atoms with Gasteiger partial charge in [0.1, 0.15) is 0 Å². The summed E-state index contributed by atoms with van der Waals surface area (Å²) in [6.07, 6.45) is 1.77. The number of hydrogen-bond donors (Lipinski definition) is 0. The van der Waals surface area contributed by atoms with Gasteiger partial charge < -0.3 is 0 Å².